The number of carbonyl (C=O) groups is 1. The number of nitrogens with one attached hydrogen (secondary N) is 2. The molecule has 2 aromatic carbocycles. The van der Waals surface area contributed by atoms with Gasteiger partial charge in [0, 0.05) is 5.56 Å². The van der Waals surface area contributed by atoms with Crippen LogP contribution in [0.1, 0.15) is 0 Å². The quantitative estimate of drug-likeness (QED) is 0.605. The first-order chi connectivity index (χ1) is 12.5. The number of aromatic nitrogens is 4. The smallest absolute Gasteiger partial charge is 0.260 e. The lowest BCUT2D eigenvalue weighted by Crippen LogP contribution is -2.43. The molecule has 3 rings (SSSR count). The molecule has 0 aliphatic carbocycles. The zero-order valence-electron chi connectivity index (χ0n) is 13.2. The molecule has 0 atom stereocenters. The molecule has 9 nitrogen and oxygen atoms in total. The Labute approximate surface area is 147 Å². The van der Waals surface area contributed by atoms with Gasteiger partial charge < -0.3 is 0 Å². The van der Waals surface area contributed by atoms with Gasteiger partial charge in [0.2, 0.25) is 5.82 Å². The average molecular weight is 376 g/mol. The predicted molar refractivity (Wildman–Crippen MR) is 88.1 cm³/mol. The second kappa shape index (κ2) is 7.37. The summed E-state index contributed by atoms with van der Waals surface area (Å²) in [7, 11) is -4.24. The molecule has 1 amide bonds. The number of hydrazine groups is 1. The van der Waals surface area contributed by atoms with Crippen molar-refractivity contribution in [1.29, 1.82) is 0 Å². The normalized spacial score (nSPS) is 11.3. The monoisotopic (exact) mass is 376 g/mol. The van der Waals surface area contributed by atoms with Crippen molar-refractivity contribution >= 4 is 15.9 Å². The largest absolute Gasteiger partial charge is 0.276 e. The van der Waals surface area contributed by atoms with Crippen LogP contribution in [0.15, 0.2) is 59.5 Å². The number of rotatable bonds is 6. The Balaban J connectivity index is 1.61. The van der Waals surface area contributed by atoms with Gasteiger partial charge >= 0.3 is 0 Å². The molecule has 2 N–H and O–H groups in total. The Bertz CT molecular complexity index is 1020. The van der Waals surface area contributed by atoms with Crippen molar-refractivity contribution in [3.63, 3.8) is 0 Å². The number of carbonyl (C=O) groups excluding carboxylic acids is 1. The highest BCUT2D eigenvalue weighted by Gasteiger charge is 2.19. The fourth-order valence-electron chi connectivity index (χ4n) is 2.02. The van der Waals surface area contributed by atoms with Crippen LogP contribution in [0.4, 0.5) is 4.39 Å². The zero-order valence-corrected chi connectivity index (χ0v) is 14.0. The maximum Gasteiger partial charge on any atom is 0.260 e. The molecule has 0 fully saturated rings. The maximum atomic E-state index is 13.6. The second-order valence-electron chi connectivity index (χ2n) is 5.09. The molecule has 0 spiro atoms. The van der Waals surface area contributed by atoms with Gasteiger partial charge in [0.1, 0.15) is 17.3 Å². The number of amides is 1. The van der Waals surface area contributed by atoms with Crippen molar-refractivity contribution in [2.75, 3.05) is 0 Å². The Morgan fingerprint density at radius 1 is 1.08 bits per heavy atom. The topological polar surface area (TPSA) is 119 Å². The van der Waals surface area contributed by atoms with Crippen LogP contribution in [0.2, 0.25) is 0 Å². The lowest BCUT2D eigenvalue weighted by Gasteiger charge is -2.08. The van der Waals surface area contributed by atoms with Gasteiger partial charge in [-0.3, -0.25) is 10.2 Å². The van der Waals surface area contributed by atoms with Crippen LogP contribution in [-0.4, -0.2) is 34.5 Å². The van der Waals surface area contributed by atoms with Gasteiger partial charge in [0.25, 0.3) is 15.9 Å². The molecule has 0 unspecified atom stereocenters. The number of tetrazole rings is 1. The minimum Gasteiger partial charge on any atom is -0.276 e. The highest BCUT2D eigenvalue weighted by Crippen LogP contribution is 2.13. The van der Waals surface area contributed by atoms with Crippen molar-refractivity contribution < 1.29 is 17.6 Å². The lowest BCUT2D eigenvalue weighted by molar-refractivity contribution is -0.122. The molecule has 3 aromatic rings. The van der Waals surface area contributed by atoms with Crippen molar-refractivity contribution in [2.24, 2.45) is 0 Å². The summed E-state index contributed by atoms with van der Waals surface area (Å²) in [5.41, 5.74) is 2.70. The van der Waals surface area contributed by atoms with Crippen LogP contribution < -0.4 is 10.3 Å². The van der Waals surface area contributed by atoms with Crippen LogP contribution in [0.5, 0.6) is 0 Å². The summed E-state index contributed by atoms with van der Waals surface area (Å²) in [4.78, 5) is 14.1. The summed E-state index contributed by atoms with van der Waals surface area (Å²) in [6, 6.07) is 13.8. The standard InChI is InChI=1S/C15H13FN6O3S/c16-12-8-4-5-9-13(12)26(24,25)21-17-14(23)10-22-19-15(18-20-22)11-6-2-1-3-7-11/h1-9,21H,10H2,(H,17,23). The van der Waals surface area contributed by atoms with E-state index in [-0.39, 0.29) is 6.54 Å². The summed E-state index contributed by atoms with van der Waals surface area (Å²) < 4.78 is 37.5. The third-order valence-electron chi connectivity index (χ3n) is 3.22. The van der Waals surface area contributed by atoms with Crippen LogP contribution in [0, 0.1) is 5.82 Å². The molecule has 0 aliphatic rings. The van der Waals surface area contributed by atoms with Gasteiger partial charge in [0.15, 0.2) is 0 Å². The molecule has 0 bridgehead atoms. The average Bonchev–Trinajstić information content (AvgIpc) is 3.09. The Hall–Kier alpha value is -3.18. The molecule has 0 saturated carbocycles. The maximum absolute atomic E-state index is 13.6. The van der Waals surface area contributed by atoms with Crippen molar-refractivity contribution in [3.8, 4) is 11.4 Å². The Morgan fingerprint density at radius 3 is 2.50 bits per heavy atom. The third-order valence-corrected chi connectivity index (χ3v) is 4.50. The zero-order chi connectivity index (χ0) is 18.6. The van der Waals surface area contributed by atoms with Crippen LogP contribution in [0.25, 0.3) is 11.4 Å². The van der Waals surface area contributed by atoms with E-state index in [2.05, 4.69) is 15.4 Å². The fraction of sp³-hybridized carbons (Fsp3) is 0.0667. The van der Waals surface area contributed by atoms with E-state index in [0.29, 0.717) is 5.82 Å². The van der Waals surface area contributed by atoms with Gasteiger partial charge in [-0.15, -0.1) is 15.0 Å². The van der Waals surface area contributed by atoms with E-state index in [1.165, 1.54) is 12.1 Å². The van der Waals surface area contributed by atoms with Crippen LogP contribution in [-0.2, 0) is 21.4 Å². The van der Waals surface area contributed by atoms with E-state index >= 15 is 0 Å². The van der Waals surface area contributed by atoms with E-state index in [1.54, 1.807) is 24.3 Å². The lowest BCUT2D eigenvalue weighted by atomic mass is 10.2. The van der Waals surface area contributed by atoms with Crippen molar-refractivity contribution in [1.82, 2.24) is 30.5 Å². The molecule has 1 aromatic heterocycles. The first kappa shape index (κ1) is 17.6. The van der Waals surface area contributed by atoms with E-state index in [0.717, 1.165) is 22.5 Å². The summed E-state index contributed by atoms with van der Waals surface area (Å²) >= 11 is 0. The molecular formula is C15H13FN6O3S. The van der Waals surface area contributed by atoms with Gasteiger partial charge in [-0.2, -0.15) is 4.80 Å². The minimum atomic E-state index is -4.24. The SMILES string of the molecule is O=C(Cn1nnc(-c2ccccc2)n1)NNS(=O)(=O)c1ccccc1F. The first-order valence-electron chi connectivity index (χ1n) is 7.34. The highest BCUT2D eigenvalue weighted by atomic mass is 32.2. The van der Waals surface area contributed by atoms with Crippen molar-refractivity contribution in [2.45, 2.75) is 11.4 Å². The molecule has 26 heavy (non-hydrogen) atoms. The summed E-state index contributed by atoms with van der Waals surface area (Å²) in [5, 5.41) is 11.6. The molecule has 11 heteroatoms. The first-order valence-corrected chi connectivity index (χ1v) is 8.82. The fourth-order valence-corrected chi connectivity index (χ4v) is 2.96. The summed E-state index contributed by atoms with van der Waals surface area (Å²) in [6.07, 6.45) is 0. The minimum absolute atomic E-state index is 0.324. The van der Waals surface area contributed by atoms with E-state index in [4.69, 9.17) is 0 Å². The summed E-state index contributed by atoms with van der Waals surface area (Å²) in [5.74, 6) is -1.35. The van der Waals surface area contributed by atoms with Gasteiger partial charge in [-0.25, -0.2) is 12.8 Å². The molecule has 0 radical (unpaired) electrons. The van der Waals surface area contributed by atoms with Gasteiger partial charge in [-0.1, -0.05) is 42.5 Å². The number of hydrogen-bond donors (Lipinski definition) is 2. The van der Waals surface area contributed by atoms with Crippen LogP contribution in [0.3, 0.4) is 0 Å². The molecule has 1 heterocycles. The second-order valence-corrected chi connectivity index (χ2v) is 6.74. The van der Waals surface area contributed by atoms with Crippen molar-refractivity contribution in [3.05, 3.63) is 60.4 Å². The molecule has 0 saturated heterocycles. The Morgan fingerprint density at radius 2 is 1.77 bits per heavy atom. The predicted octanol–water partition coefficient (Wildman–Crippen LogP) is 0.489. The molecular weight excluding hydrogens is 363 g/mol. The number of benzene rings is 2. The van der Waals surface area contributed by atoms with E-state index in [9.17, 15) is 17.6 Å². The van der Waals surface area contributed by atoms with Gasteiger partial charge in [-0.05, 0) is 17.3 Å². The van der Waals surface area contributed by atoms with Gasteiger partial charge in [0.05, 0.1) is 0 Å². The number of hydrogen-bond acceptors (Lipinski definition) is 6. The molecule has 134 valence electrons. The highest BCUT2D eigenvalue weighted by molar-refractivity contribution is 7.89. The molecule has 0 aliphatic heterocycles. The van der Waals surface area contributed by atoms with Crippen LogP contribution >= 0.6 is 0 Å². The third kappa shape index (κ3) is 4.07. The summed E-state index contributed by atoms with van der Waals surface area (Å²) in [6.45, 7) is -0.375. The number of halogens is 1. The number of nitrogens with zero attached hydrogens (tertiary/aromatic N) is 4. The number of sulfonamides is 1. The van der Waals surface area contributed by atoms with E-state index in [1.807, 2.05) is 16.3 Å². The Kier molecular flexibility index (Phi) is 5.00. The van der Waals surface area contributed by atoms with E-state index < -0.39 is 26.6 Å².